The van der Waals surface area contributed by atoms with Crippen molar-refractivity contribution in [1.82, 2.24) is 9.55 Å². The molecule has 9 rings (SSSR count). The van der Waals surface area contributed by atoms with E-state index in [9.17, 15) is 0 Å². The van der Waals surface area contributed by atoms with Crippen LogP contribution >= 0.6 is 7.14 Å². The Balaban J connectivity index is 1.32. The van der Waals surface area contributed by atoms with Gasteiger partial charge >= 0.3 is 0 Å². The van der Waals surface area contributed by atoms with Gasteiger partial charge in [-0.2, -0.15) is 0 Å². The quantitative estimate of drug-likeness (QED) is 0.108. The highest BCUT2D eigenvalue weighted by Gasteiger charge is 2.43. The molecule has 50 heavy (non-hydrogen) atoms. The van der Waals surface area contributed by atoms with Crippen molar-refractivity contribution in [3.8, 4) is 16.8 Å². The molecule has 1 aliphatic heterocycles. The summed E-state index contributed by atoms with van der Waals surface area (Å²) >= 11 is 0. The minimum atomic E-state index is -3.30. The van der Waals surface area contributed by atoms with Gasteiger partial charge in [-0.1, -0.05) is 171 Å². The number of hydrogen-bond donors (Lipinski definition) is 0. The molecule has 0 spiro atoms. The Kier molecular flexibility index (Phi) is 7.38. The van der Waals surface area contributed by atoms with Gasteiger partial charge in [-0.05, 0) is 50.1 Å². The molecule has 0 bridgehead atoms. The van der Waals surface area contributed by atoms with Crippen molar-refractivity contribution >= 4 is 62.9 Å². The van der Waals surface area contributed by atoms with E-state index in [1.54, 1.807) is 0 Å². The van der Waals surface area contributed by atoms with Gasteiger partial charge in [0.2, 0.25) is 0 Å². The highest BCUT2D eigenvalue weighted by molar-refractivity contribution is 7.86. The molecule has 1 atom stereocenters. The van der Waals surface area contributed by atoms with Gasteiger partial charge in [0, 0.05) is 17.0 Å². The molecule has 8 aromatic rings. The van der Waals surface area contributed by atoms with Crippen molar-refractivity contribution in [2.75, 3.05) is 0 Å². The summed E-state index contributed by atoms with van der Waals surface area (Å²) in [6.07, 6.45) is 0.771. The van der Waals surface area contributed by atoms with Crippen molar-refractivity contribution in [2.45, 2.75) is 13.3 Å². The lowest BCUT2D eigenvalue weighted by Crippen LogP contribution is -2.74. The summed E-state index contributed by atoms with van der Waals surface area (Å²) in [6.45, 7) is 2.14. The molecule has 240 valence electrons. The first-order chi connectivity index (χ1) is 24.7. The number of benzene rings is 7. The Morgan fingerprint density at radius 1 is 0.560 bits per heavy atom. The van der Waals surface area contributed by atoms with Crippen LogP contribution in [0.5, 0.6) is 0 Å². The number of fused-ring (bicyclic) bond motifs is 2. The standard InChI is InChI=1S/C45H35N2OPSi/c1-2-43-46-40-32-31-39(45-44(40)47(43)41-25-15-16-26-42(41)49(45,48)34-17-7-3-8-18-34)33-27-29-38(30-28-33)50(35-19-9-4-10-20-35,36-21-11-5-12-22-36)37-23-13-6-14-24-37/h3-32H,2H2,1H3. The average Bonchev–Trinajstić information content (AvgIpc) is 3.58. The normalized spacial score (nSPS) is 15.1. The number of para-hydroxylation sites is 1. The number of nitrogens with zero attached hydrogens (tertiary/aromatic N) is 2. The minimum absolute atomic E-state index is 0.771. The molecule has 0 fully saturated rings. The van der Waals surface area contributed by atoms with E-state index in [4.69, 9.17) is 4.98 Å². The highest BCUT2D eigenvalue weighted by Crippen LogP contribution is 2.51. The molecule has 0 aliphatic carbocycles. The predicted molar refractivity (Wildman–Crippen MR) is 212 cm³/mol. The second-order valence-corrected chi connectivity index (χ2v) is 19.4. The maximum atomic E-state index is 16.1. The number of aromatic nitrogens is 2. The lowest BCUT2D eigenvalue weighted by Gasteiger charge is -2.34. The first-order valence-corrected chi connectivity index (χ1v) is 20.9. The van der Waals surface area contributed by atoms with Crippen LogP contribution in [0.2, 0.25) is 0 Å². The third-order valence-electron chi connectivity index (χ3n) is 10.3. The van der Waals surface area contributed by atoms with Gasteiger partial charge in [0.1, 0.15) is 5.82 Å². The van der Waals surface area contributed by atoms with Crippen LogP contribution in [-0.2, 0) is 11.0 Å². The van der Waals surface area contributed by atoms with Crippen LogP contribution in [0.4, 0.5) is 0 Å². The summed E-state index contributed by atoms with van der Waals surface area (Å²) in [7, 11) is -5.99. The third-order valence-corrected chi connectivity index (χ3v) is 18.3. The van der Waals surface area contributed by atoms with E-state index in [-0.39, 0.29) is 0 Å². The molecular formula is C45H35N2OPSi. The molecule has 1 aliphatic rings. The lowest BCUT2D eigenvalue weighted by atomic mass is 10.0. The minimum Gasteiger partial charge on any atom is -0.308 e. The molecule has 0 saturated carbocycles. The first kappa shape index (κ1) is 30.5. The summed E-state index contributed by atoms with van der Waals surface area (Å²) in [5.74, 6) is 0.977. The second-order valence-electron chi connectivity index (χ2n) is 12.9. The van der Waals surface area contributed by atoms with Crippen LogP contribution in [0.15, 0.2) is 182 Å². The Bertz CT molecular complexity index is 2430. The maximum Gasteiger partial charge on any atom is 0.179 e. The van der Waals surface area contributed by atoms with Crippen LogP contribution in [0, 0.1) is 0 Å². The number of hydrogen-bond acceptors (Lipinski definition) is 2. The van der Waals surface area contributed by atoms with Crippen molar-refractivity contribution < 1.29 is 4.57 Å². The zero-order valence-corrected chi connectivity index (χ0v) is 29.7. The number of aryl methyl sites for hydroxylation is 1. The van der Waals surface area contributed by atoms with Crippen LogP contribution in [-0.4, -0.2) is 17.6 Å². The lowest BCUT2D eigenvalue weighted by molar-refractivity contribution is 0.592. The Hall–Kier alpha value is -5.54. The molecule has 3 nitrogen and oxygen atoms in total. The smallest absolute Gasteiger partial charge is 0.179 e. The zero-order chi connectivity index (χ0) is 33.7. The van der Waals surface area contributed by atoms with Crippen LogP contribution in [0.3, 0.4) is 0 Å². The average molecular weight is 679 g/mol. The number of rotatable bonds is 7. The summed E-state index contributed by atoms with van der Waals surface area (Å²) in [5.41, 5.74) is 4.83. The van der Waals surface area contributed by atoms with Gasteiger partial charge in [0.05, 0.1) is 22.0 Å². The molecule has 1 unspecified atom stereocenters. The number of imidazole rings is 1. The fraction of sp³-hybridized carbons (Fsp3) is 0.0444. The van der Waals surface area contributed by atoms with E-state index in [0.717, 1.165) is 56.0 Å². The molecule has 2 heterocycles. The SMILES string of the molecule is CCc1nc2ccc(-c3ccc([Si](c4ccccc4)(c4ccccc4)c4ccccc4)cc3)c3c2n1-c1ccccc1P3(=O)c1ccccc1. The van der Waals surface area contributed by atoms with E-state index in [1.165, 1.54) is 20.7 Å². The highest BCUT2D eigenvalue weighted by atomic mass is 31.2. The van der Waals surface area contributed by atoms with E-state index in [2.05, 4.69) is 151 Å². The van der Waals surface area contributed by atoms with Gasteiger partial charge in [-0.25, -0.2) is 4.98 Å². The summed E-state index contributed by atoms with van der Waals surface area (Å²) in [4.78, 5) is 5.09. The van der Waals surface area contributed by atoms with Gasteiger partial charge in [0.25, 0.3) is 0 Å². The third kappa shape index (κ3) is 4.42. The molecule has 5 heteroatoms. The van der Waals surface area contributed by atoms with Gasteiger partial charge in [0.15, 0.2) is 15.2 Å². The zero-order valence-electron chi connectivity index (χ0n) is 27.8. The van der Waals surface area contributed by atoms with E-state index in [0.29, 0.717) is 0 Å². The summed E-state index contributed by atoms with van der Waals surface area (Å²) in [5, 5.41) is 7.88. The first-order valence-electron chi connectivity index (χ1n) is 17.2. The molecule has 7 aromatic carbocycles. The van der Waals surface area contributed by atoms with Crippen molar-refractivity contribution in [3.63, 3.8) is 0 Å². The van der Waals surface area contributed by atoms with Crippen molar-refractivity contribution in [2.24, 2.45) is 0 Å². The molecule has 0 amide bonds. The van der Waals surface area contributed by atoms with Crippen LogP contribution < -0.4 is 36.7 Å². The van der Waals surface area contributed by atoms with Gasteiger partial charge < -0.3 is 4.57 Å². The fourth-order valence-electron chi connectivity index (χ4n) is 8.16. The van der Waals surface area contributed by atoms with Crippen LogP contribution in [0.25, 0.3) is 27.8 Å². The summed E-state index contributed by atoms with van der Waals surface area (Å²) < 4.78 is 18.4. The van der Waals surface area contributed by atoms with Crippen molar-refractivity contribution in [1.29, 1.82) is 0 Å². The topological polar surface area (TPSA) is 34.9 Å². The molecular weight excluding hydrogens is 644 g/mol. The summed E-state index contributed by atoms with van der Waals surface area (Å²) in [6, 6.07) is 64.6. The van der Waals surface area contributed by atoms with E-state index < -0.39 is 15.2 Å². The molecule has 0 saturated heterocycles. The molecule has 0 radical (unpaired) electrons. The van der Waals surface area contributed by atoms with Gasteiger partial charge in [-0.3, -0.25) is 4.57 Å². The Labute approximate surface area is 293 Å². The molecule has 0 N–H and O–H groups in total. The Morgan fingerprint density at radius 3 is 1.62 bits per heavy atom. The van der Waals surface area contributed by atoms with Crippen LogP contribution in [0.1, 0.15) is 12.7 Å². The van der Waals surface area contributed by atoms with Crippen molar-refractivity contribution in [3.05, 3.63) is 188 Å². The van der Waals surface area contributed by atoms with Gasteiger partial charge in [-0.15, -0.1) is 0 Å². The fourth-order valence-corrected chi connectivity index (χ4v) is 16.1. The molecule has 1 aromatic heterocycles. The monoisotopic (exact) mass is 678 g/mol. The van der Waals surface area contributed by atoms with E-state index >= 15 is 4.57 Å². The van der Waals surface area contributed by atoms with E-state index in [1.807, 2.05) is 42.5 Å². The predicted octanol–water partition coefficient (Wildman–Crippen LogP) is 6.59. The Morgan fingerprint density at radius 2 is 1.06 bits per heavy atom. The maximum absolute atomic E-state index is 16.1. The largest absolute Gasteiger partial charge is 0.308 e. The second kappa shape index (κ2) is 12.1.